The summed E-state index contributed by atoms with van der Waals surface area (Å²) in [6.07, 6.45) is 1.53. The fraction of sp³-hybridized carbons (Fsp3) is 0.176. The van der Waals surface area contributed by atoms with Gasteiger partial charge in [0.25, 0.3) is 5.91 Å². The van der Waals surface area contributed by atoms with Crippen LogP contribution in [-0.4, -0.2) is 24.3 Å². The van der Waals surface area contributed by atoms with Gasteiger partial charge in [-0.2, -0.15) is 5.10 Å². The number of nitrogens with zero attached hydrogens (tertiary/aromatic N) is 1. The average Bonchev–Trinajstić information content (AvgIpc) is 2.52. The third-order valence-corrected chi connectivity index (χ3v) is 3.24. The van der Waals surface area contributed by atoms with Crippen LogP contribution >= 0.6 is 0 Å². The lowest BCUT2D eigenvalue weighted by Gasteiger charge is -2.06. The summed E-state index contributed by atoms with van der Waals surface area (Å²) in [4.78, 5) is 12.1. The highest BCUT2D eigenvalue weighted by Gasteiger charge is 2.10. The zero-order chi connectivity index (χ0) is 16.1. The van der Waals surface area contributed by atoms with Crippen molar-refractivity contribution in [3.63, 3.8) is 0 Å². The maximum atomic E-state index is 12.1. The fourth-order valence-electron chi connectivity index (χ4n) is 2.12. The number of aromatic hydroxyl groups is 1. The van der Waals surface area contributed by atoms with Gasteiger partial charge in [0.2, 0.25) is 0 Å². The number of hydrogen-bond acceptors (Lipinski definition) is 4. The molecule has 2 N–H and O–H groups in total. The summed E-state index contributed by atoms with van der Waals surface area (Å²) in [7, 11) is 1.51. The molecule has 0 saturated carbocycles. The lowest BCUT2D eigenvalue weighted by Crippen LogP contribution is -2.18. The SMILES string of the molecule is COc1ccccc1C(=O)N/N=C\c1cc(C)c(O)c(C)c1. The Balaban J connectivity index is 2.11. The number of benzene rings is 2. The van der Waals surface area contributed by atoms with Gasteiger partial charge in [-0.05, 0) is 54.8 Å². The van der Waals surface area contributed by atoms with Crippen LogP contribution in [0.3, 0.4) is 0 Å². The van der Waals surface area contributed by atoms with Crippen molar-refractivity contribution in [1.82, 2.24) is 5.43 Å². The van der Waals surface area contributed by atoms with Crippen molar-refractivity contribution >= 4 is 12.1 Å². The molecule has 5 heteroatoms. The monoisotopic (exact) mass is 298 g/mol. The van der Waals surface area contributed by atoms with Crippen LogP contribution < -0.4 is 10.2 Å². The minimum Gasteiger partial charge on any atom is -0.507 e. The second-order valence-corrected chi connectivity index (χ2v) is 4.90. The third kappa shape index (κ3) is 3.44. The van der Waals surface area contributed by atoms with Gasteiger partial charge in [0.15, 0.2) is 0 Å². The van der Waals surface area contributed by atoms with Crippen molar-refractivity contribution in [2.24, 2.45) is 5.10 Å². The Morgan fingerprint density at radius 3 is 2.50 bits per heavy atom. The zero-order valence-electron chi connectivity index (χ0n) is 12.8. The average molecular weight is 298 g/mol. The summed E-state index contributed by atoms with van der Waals surface area (Å²) in [5.74, 6) is 0.419. The van der Waals surface area contributed by atoms with Crippen LogP contribution in [0.2, 0.25) is 0 Å². The Morgan fingerprint density at radius 2 is 1.86 bits per heavy atom. The number of phenolic OH excluding ortho intramolecular Hbond substituents is 1. The Bertz CT molecular complexity index is 701. The first-order valence-corrected chi connectivity index (χ1v) is 6.79. The van der Waals surface area contributed by atoms with Crippen LogP contribution in [-0.2, 0) is 0 Å². The highest BCUT2D eigenvalue weighted by atomic mass is 16.5. The van der Waals surface area contributed by atoms with Crippen LogP contribution in [0.5, 0.6) is 11.5 Å². The number of carbonyl (C=O) groups excluding carboxylic acids is 1. The molecule has 5 nitrogen and oxygen atoms in total. The van der Waals surface area contributed by atoms with E-state index in [0.29, 0.717) is 11.3 Å². The normalized spacial score (nSPS) is 10.7. The predicted molar refractivity (Wildman–Crippen MR) is 85.6 cm³/mol. The van der Waals surface area contributed by atoms with E-state index >= 15 is 0 Å². The molecule has 0 radical (unpaired) electrons. The molecule has 0 atom stereocenters. The molecule has 1 amide bonds. The molecule has 2 aromatic carbocycles. The van der Waals surface area contributed by atoms with E-state index in [2.05, 4.69) is 10.5 Å². The molecule has 2 rings (SSSR count). The molecule has 2 aromatic rings. The van der Waals surface area contributed by atoms with Gasteiger partial charge in [0.05, 0.1) is 18.9 Å². The summed E-state index contributed by atoms with van der Waals surface area (Å²) in [6.45, 7) is 3.63. The van der Waals surface area contributed by atoms with E-state index in [9.17, 15) is 9.90 Å². The van der Waals surface area contributed by atoms with Crippen molar-refractivity contribution < 1.29 is 14.6 Å². The highest BCUT2D eigenvalue weighted by Crippen LogP contribution is 2.22. The molecule has 0 heterocycles. The van der Waals surface area contributed by atoms with Crippen molar-refractivity contribution in [2.45, 2.75) is 13.8 Å². The van der Waals surface area contributed by atoms with Crippen LogP contribution in [0, 0.1) is 13.8 Å². The Hall–Kier alpha value is -2.82. The maximum Gasteiger partial charge on any atom is 0.275 e. The third-order valence-electron chi connectivity index (χ3n) is 3.24. The topological polar surface area (TPSA) is 70.9 Å². The summed E-state index contributed by atoms with van der Waals surface area (Å²) >= 11 is 0. The van der Waals surface area contributed by atoms with E-state index in [0.717, 1.165) is 16.7 Å². The zero-order valence-corrected chi connectivity index (χ0v) is 12.8. The molecule has 114 valence electrons. The largest absolute Gasteiger partial charge is 0.507 e. The van der Waals surface area contributed by atoms with E-state index in [1.165, 1.54) is 13.3 Å². The molecule has 0 fully saturated rings. The number of ether oxygens (including phenoxy) is 1. The summed E-state index contributed by atoms with van der Waals surface area (Å²) in [6, 6.07) is 10.5. The number of nitrogens with one attached hydrogen (secondary N) is 1. The first-order valence-electron chi connectivity index (χ1n) is 6.79. The Morgan fingerprint density at radius 1 is 1.23 bits per heavy atom. The van der Waals surface area contributed by atoms with Crippen molar-refractivity contribution in [1.29, 1.82) is 0 Å². The molecule has 0 aliphatic heterocycles. The smallest absolute Gasteiger partial charge is 0.275 e. The van der Waals surface area contributed by atoms with E-state index in [-0.39, 0.29) is 11.7 Å². The van der Waals surface area contributed by atoms with Crippen molar-refractivity contribution in [2.75, 3.05) is 7.11 Å². The number of aryl methyl sites for hydroxylation is 2. The minimum atomic E-state index is -0.346. The number of hydrazone groups is 1. The van der Waals surface area contributed by atoms with Gasteiger partial charge in [-0.25, -0.2) is 5.43 Å². The number of rotatable bonds is 4. The van der Waals surface area contributed by atoms with E-state index in [1.807, 2.05) is 13.8 Å². The molecule has 0 aliphatic carbocycles. The maximum absolute atomic E-state index is 12.1. The van der Waals surface area contributed by atoms with E-state index < -0.39 is 0 Å². The number of hydrogen-bond donors (Lipinski definition) is 2. The lowest BCUT2D eigenvalue weighted by molar-refractivity contribution is 0.0952. The van der Waals surface area contributed by atoms with Crippen LogP contribution in [0.15, 0.2) is 41.5 Å². The number of methoxy groups -OCH3 is 1. The molecule has 0 aromatic heterocycles. The van der Waals surface area contributed by atoms with Gasteiger partial charge in [-0.15, -0.1) is 0 Å². The molecule has 22 heavy (non-hydrogen) atoms. The van der Waals surface area contributed by atoms with Crippen molar-refractivity contribution in [3.05, 3.63) is 58.7 Å². The van der Waals surface area contributed by atoms with E-state index in [1.54, 1.807) is 36.4 Å². The molecule has 0 unspecified atom stereocenters. The first-order chi connectivity index (χ1) is 10.5. The van der Waals surface area contributed by atoms with Crippen LogP contribution in [0.4, 0.5) is 0 Å². The van der Waals surface area contributed by atoms with Gasteiger partial charge in [-0.1, -0.05) is 12.1 Å². The molecule has 0 bridgehead atoms. The quantitative estimate of drug-likeness (QED) is 0.673. The second-order valence-electron chi connectivity index (χ2n) is 4.90. The second kappa shape index (κ2) is 6.76. The summed E-state index contributed by atoms with van der Waals surface area (Å²) < 4.78 is 5.14. The van der Waals surface area contributed by atoms with Gasteiger partial charge in [0.1, 0.15) is 11.5 Å². The molecular weight excluding hydrogens is 280 g/mol. The Labute approximate surface area is 129 Å². The minimum absolute atomic E-state index is 0.273. The lowest BCUT2D eigenvalue weighted by atomic mass is 10.1. The van der Waals surface area contributed by atoms with E-state index in [4.69, 9.17) is 4.74 Å². The Kier molecular flexibility index (Phi) is 4.78. The van der Waals surface area contributed by atoms with Gasteiger partial charge in [0, 0.05) is 0 Å². The molecule has 0 saturated heterocycles. The standard InChI is InChI=1S/C17H18N2O3/c1-11-8-13(9-12(2)16(11)20)10-18-19-17(21)14-6-4-5-7-15(14)22-3/h4-10,20H,1-3H3,(H,19,21)/b18-10-. The fourth-order valence-corrected chi connectivity index (χ4v) is 2.12. The number of amides is 1. The number of phenols is 1. The predicted octanol–water partition coefficient (Wildman–Crippen LogP) is 2.78. The summed E-state index contributed by atoms with van der Waals surface area (Å²) in [5.41, 5.74) is 5.20. The highest BCUT2D eigenvalue weighted by molar-refractivity contribution is 5.97. The van der Waals surface area contributed by atoms with Gasteiger partial charge < -0.3 is 9.84 Å². The first kappa shape index (κ1) is 15.6. The van der Waals surface area contributed by atoms with Crippen LogP contribution in [0.1, 0.15) is 27.0 Å². The number of carbonyl (C=O) groups is 1. The van der Waals surface area contributed by atoms with Crippen LogP contribution in [0.25, 0.3) is 0 Å². The summed E-state index contributed by atoms with van der Waals surface area (Å²) in [5, 5.41) is 13.7. The molecule has 0 aliphatic rings. The van der Waals surface area contributed by atoms with Gasteiger partial charge in [-0.3, -0.25) is 4.79 Å². The van der Waals surface area contributed by atoms with Crippen molar-refractivity contribution in [3.8, 4) is 11.5 Å². The molecule has 0 spiro atoms. The number of para-hydroxylation sites is 1. The van der Waals surface area contributed by atoms with Gasteiger partial charge >= 0.3 is 0 Å². The molecular formula is C17H18N2O3.